The van der Waals surface area contributed by atoms with Crippen molar-refractivity contribution in [2.24, 2.45) is 0 Å². The van der Waals surface area contributed by atoms with Crippen LogP contribution in [-0.2, 0) is 9.53 Å². The van der Waals surface area contributed by atoms with Gasteiger partial charge in [0, 0.05) is 36.9 Å². The molecule has 3 aliphatic rings. The Bertz CT molecular complexity index is 873. The van der Waals surface area contributed by atoms with E-state index in [1.807, 2.05) is 31.2 Å². The number of carbonyl (C=O) groups excluding carboxylic acids is 2. The Labute approximate surface area is 196 Å². The lowest BCUT2D eigenvalue weighted by molar-refractivity contribution is -0.136. The van der Waals surface area contributed by atoms with Crippen LogP contribution in [0.25, 0.3) is 0 Å². The highest BCUT2D eigenvalue weighted by Crippen LogP contribution is 2.34. The molecule has 3 heterocycles. The Morgan fingerprint density at radius 3 is 2.52 bits per heavy atom. The van der Waals surface area contributed by atoms with Gasteiger partial charge >= 0.3 is 12.0 Å². The highest BCUT2D eigenvalue weighted by molar-refractivity contribution is 5.95. The second-order valence-electron chi connectivity index (χ2n) is 8.99. The summed E-state index contributed by atoms with van der Waals surface area (Å²) >= 11 is 0. The molecule has 0 aromatic heterocycles. The molecule has 1 atom stereocenters. The van der Waals surface area contributed by atoms with Crippen molar-refractivity contribution in [3.63, 3.8) is 0 Å². The lowest BCUT2D eigenvalue weighted by Crippen LogP contribution is -2.51. The molecular weight excluding hydrogens is 420 g/mol. The van der Waals surface area contributed by atoms with Crippen LogP contribution in [0.2, 0.25) is 0 Å². The van der Waals surface area contributed by atoms with Gasteiger partial charge in [-0.15, -0.1) is 0 Å². The first kappa shape index (κ1) is 23.6. The predicted molar refractivity (Wildman–Crippen MR) is 126 cm³/mol. The van der Waals surface area contributed by atoms with Crippen LogP contribution in [0.1, 0.15) is 50.6 Å². The minimum absolute atomic E-state index is 0.322. The molecule has 1 unspecified atom stereocenters. The molecule has 2 amide bonds. The topological polar surface area (TPSA) is 83.1 Å². The number of ether oxygens (including phenoxy) is 2. The average molecular weight is 457 g/mol. The van der Waals surface area contributed by atoms with Crippen LogP contribution in [0.5, 0.6) is 5.75 Å². The molecule has 2 N–H and O–H groups in total. The van der Waals surface area contributed by atoms with Crippen LogP contribution in [0.15, 0.2) is 35.5 Å². The number of esters is 1. The molecule has 2 fully saturated rings. The molecule has 0 bridgehead atoms. The Balaban J connectivity index is 1.54. The number of para-hydroxylation sites is 1. The second-order valence-corrected chi connectivity index (χ2v) is 8.99. The summed E-state index contributed by atoms with van der Waals surface area (Å²) < 4.78 is 10.9. The van der Waals surface area contributed by atoms with Crippen LogP contribution >= 0.6 is 0 Å². The molecule has 1 aromatic carbocycles. The van der Waals surface area contributed by atoms with Crippen molar-refractivity contribution >= 4 is 12.0 Å². The van der Waals surface area contributed by atoms with E-state index >= 15 is 0 Å². The van der Waals surface area contributed by atoms with Crippen molar-refractivity contribution < 1.29 is 19.1 Å². The monoisotopic (exact) mass is 456 g/mol. The van der Waals surface area contributed by atoms with E-state index in [9.17, 15) is 9.59 Å². The molecular formula is C25H36N4O4. The first-order valence-corrected chi connectivity index (χ1v) is 12.2. The fraction of sp³-hybridized carbons (Fsp3) is 0.600. The maximum Gasteiger partial charge on any atom is 0.338 e. The van der Waals surface area contributed by atoms with Crippen LogP contribution in [0, 0.1) is 0 Å². The Kier molecular flexibility index (Phi) is 7.88. The highest BCUT2D eigenvalue weighted by Gasteiger charge is 2.36. The molecule has 4 rings (SSSR count). The summed E-state index contributed by atoms with van der Waals surface area (Å²) in [6, 6.07) is 7.19. The van der Waals surface area contributed by atoms with Gasteiger partial charge in [0.05, 0.1) is 25.3 Å². The fourth-order valence-electron chi connectivity index (χ4n) is 5.28. The zero-order valence-electron chi connectivity index (χ0n) is 19.8. The molecule has 1 aromatic rings. The number of piperidine rings is 2. The van der Waals surface area contributed by atoms with E-state index in [1.54, 1.807) is 0 Å². The van der Waals surface area contributed by atoms with Gasteiger partial charge in [0.25, 0.3) is 0 Å². The average Bonchev–Trinajstić information content (AvgIpc) is 2.85. The normalized spacial score (nSPS) is 23.1. The maximum absolute atomic E-state index is 12.9. The van der Waals surface area contributed by atoms with Gasteiger partial charge in [-0.25, -0.2) is 9.59 Å². The lowest BCUT2D eigenvalue weighted by atomic mass is 9.93. The van der Waals surface area contributed by atoms with Gasteiger partial charge in [-0.1, -0.05) is 24.6 Å². The first-order chi connectivity index (χ1) is 16.1. The van der Waals surface area contributed by atoms with Crippen molar-refractivity contribution in [3.8, 4) is 5.75 Å². The zero-order chi connectivity index (χ0) is 23.2. The Morgan fingerprint density at radius 2 is 1.82 bits per heavy atom. The third kappa shape index (κ3) is 5.50. The summed E-state index contributed by atoms with van der Waals surface area (Å²) in [7, 11) is 1.37. The zero-order valence-corrected chi connectivity index (χ0v) is 19.8. The quantitative estimate of drug-likeness (QED) is 0.614. The summed E-state index contributed by atoms with van der Waals surface area (Å²) in [5, 5.41) is 5.79. The van der Waals surface area contributed by atoms with E-state index in [4.69, 9.17) is 9.47 Å². The van der Waals surface area contributed by atoms with Gasteiger partial charge in [-0.05, 0) is 51.8 Å². The minimum Gasteiger partial charge on any atom is -0.494 e. The molecule has 0 spiro atoms. The van der Waals surface area contributed by atoms with Crippen LogP contribution < -0.4 is 15.4 Å². The number of urea groups is 1. The molecule has 2 saturated heterocycles. The Hall–Kier alpha value is -2.58. The van der Waals surface area contributed by atoms with Crippen LogP contribution in [0.3, 0.4) is 0 Å². The molecule has 0 aliphatic carbocycles. The van der Waals surface area contributed by atoms with Crippen molar-refractivity contribution in [1.29, 1.82) is 0 Å². The van der Waals surface area contributed by atoms with Crippen molar-refractivity contribution in [3.05, 3.63) is 41.1 Å². The summed E-state index contributed by atoms with van der Waals surface area (Å²) in [5.41, 5.74) is 1.79. The largest absolute Gasteiger partial charge is 0.494 e. The van der Waals surface area contributed by atoms with E-state index in [1.165, 1.54) is 39.5 Å². The van der Waals surface area contributed by atoms with E-state index < -0.39 is 12.0 Å². The molecule has 180 valence electrons. The predicted octanol–water partition coefficient (Wildman–Crippen LogP) is 2.82. The third-order valence-corrected chi connectivity index (χ3v) is 6.93. The van der Waals surface area contributed by atoms with Crippen molar-refractivity contribution in [2.45, 2.75) is 51.1 Å². The number of likely N-dealkylation sites (tertiary alicyclic amines) is 2. The van der Waals surface area contributed by atoms with Crippen molar-refractivity contribution in [2.75, 3.05) is 46.4 Å². The second kappa shape index (κ2) is 11.0. The van der Waals surface area contributed by atoms with Gasteiger partial charge in [0.1, 0.15) is 5.75 Å². The number of amides is 2. The molecule has 33 heavy (non-hydrogen) atoms. The van der Waals surface area contributed by atoms with E-state index in [-0.39, 0.29) is 6.03 Å². The fourth-order valence-corrected chi connectivity index (χ4v) is 5.28. The summed E-state index contributed by atoms with van der Waals surface area (Å²) in [5.74, 6) is 0.201. The SMILES string of the molecule is CCOc1ccccc1C1NC(=O)NC(CN2CCC(N3CCCCC3)CC2)=C1C(=O)OC. The Morgan fingerprint density at radius 1 is 1.09 bits per heavy atom. The standard InChI is InChI=1S/C25H36N4O4/c1-3-33-21-10-6-5-9-19(21)23-22(24(30)32-2)20(26-25(31)27-23)17-28-15-11-18(12-16-28)29-13-7-4-8-14-29/h5-6,9-10,18,23H,3-4,7-8,11-17H2,1-2H3,(H2,26,27,31). The van der Waals surface area contributed by atoms with Gasteiger partial charge in [0.15, 0.2) is 0 Å². The summed E-state index contributed by atoms with van der Waals surface area (Å²) in [6.45, 7) is 7.23. The van der Waals surface area contributed by atoms with Gasteiger partial charge < -0.3 is 25.0 Å². The van der Waals surface area contributed by atoms with Crippen LogP contribution in [-0.4, -0.2) is 74.3 Å². The number of nitrogens with zero attached hydrogens (tertiary/aromatic N) is 2. The number of carbonyl (C=O) groups is 2. The number of hydrogen-bond acceptors (Lipinski definition) is 6. The molecule has 0 saturated carbocycles. The number of benzene rings is 1. The lowest BCUT2D eigenvalue weighted by Gasteiger charge is -2.41. The molecule has 0 radical (unpaired) electrons. The molecule has 3 aliphatic heterocycles. The number of hydrogen-bond donors (Lipinski definition) is 2. The minimum atomic E-state index is -0.630. The number of rotatable bonds is 7. The van der Waals surface area contributed by atoms with Crippen molar-refractivity contribution in [1.82, 2.24) is 20.4 Å². The molecule has 8 heteroatoms. The first-order valence-electron chi connectivity index (χ1n) is 12.2. The van der Waals surface area contributed by atoms with E-state index in [0.717, 1.165) is 31.5 Å². The van der Waals surface area contributed by atoms with Crippen LogP contribution in [0.4, 0.5) is 4.79 Å². The number of nitrogens with one attached hydrogen (secondary N) is 2. The maximum atomic E-state index is 12.9. The number of methoxy groups -OCH3 is 1. The van der Waals surface area contributed by atoms with E-state index in [0.29, 0.717) is 36.2 Å². The van der Waals surface area contributed by atoms with Gasteiger partial charge in [-0.2, -0.15) is 0 Å². The molecule has 8 nitrogen and oxygen atoms in total. The smallest absolute Gasteiger partial charge is 0.338 e. The highest BCUT2D eigenvalue weighted by atomic mass is 16.5. The van der Waals surface area contributed by atoms with E-state index in [2.05, 4.69) is 20.4 Å². The summed E-state index contributed by atoms with van der Waals surface area (Å²) in [4.78, 5) is 30.5. The third-order valence-electron chi connectivity index (χ3n) is 6.93. The summed E-state index contributed by atoms with van der Waals surface area (Å²) in [6.07, 6.45) is 6.19. The van der Waals surface area contributed by atoms with Gasteiger partial charge in [0.2, 0.25) is 0 Å². The van der Waals surface area contributed by atoms with Gasteiger partial charge in [-0.3, -0.25) is 4.90 Å².